The van der Waals surface area contributed by atoms with Gasteiger partial charge in [0.1, 0.15) is 0 Å². The normalized spacial score (nSPS) is 28.2. The minimum Gasteiger partial charge on any atom is -0.481 e. The summed E-state index contributed by atoms with van der Waals surface area (Å²) in [4.78, 5) is 10.5. The first kappa shape index (κ1) is 21.4. The average molecular weight is 388 g/mol. The zero-order chi connectivity index (χ0) is 19.0. The van der Waals surface area contributed by atoms with Gasteiger partial charge < -0.3 is 9.84 Å². The molecule has 6 nitrogen and oxygen atoms in total. The number of fused-ring (bicyclic) bond motifs is 2. The number of sulfonamides is 1. The first-order valence-electron chi connectivity index (χ1n) is 9.95. The number of carbonyl (C=O) groups is 1. The molecule has 0 radical (unpaired) electrons. The van der Waals surface area contributed by atoms with E-state index in [0.717, 1.165) is 44.9 Å². The molecule has 0 aromatic rings. The van der Waals surface area contributed by atoms with E-state index in [1.54, 1.807) is 0 Å². The summed E-state index contributed by atoms with van der Waals surface area (Å²) < 4.78 is 33.7. The maximum Gasteiger partial charge on any atom is 0.303 e. The lowest BCUT2D eigenvalue weighted by molar-refractivity contribution is -0.137. The van der Waals surface area contributed by atoms with Gasteiger partial charge in [-0.15, -0.1) is 0 Å². The number of aliphatic carboxylic acids is 1. The van der Waals surface area contributed by atoms with Crippen molar-refractivity contribution in [3.8, 4) is 0 Å². The molecule has 2 rings (SSSR count). The highest BCUT2D eigenvalue weighted by atomic mass is 32.2. The van der Waals surface area contributed by atoms with Crippen molar-refractivity contribution in [2.24, 2.45) is 5.92 Å². The van der Waals surface area contributed by atoms with Crippen LogP contribution in [0.25, 0.3) is 0 Å². The molecule has 0 aromatic carbocycles. The van der Waals surface area contributed by atoms with E-state index in [1.165, 1.54) is 0 Å². The topological polar surface area (TPSA) is 92.7 Å². The molecule has 0 aliphatic carbocycles. The van der Waals surface area contributed by atoms with Crippen molar-refractivity contribution in [3.63, 3.8) is 0 Å². The van der Waals surface area contributed by atoms with Gasteiger partial charge in [0.15, 0.2) is 0 Å². The van der Waals surface area contributed by atoms with E-state index in [-0.39, 0.29) is 36.3 Å². The van der Waals surface area contributed by atoms with Crippen molar-refractivity contribution in [2.75, 3.05) is 5.75 Å². The Bertz CT molecular complexity index is 574. The van der Waals surface area contributed by atoms with Crippen LogP contribution in [0, 0.1) is 5.92 Å². The molecule has 0 spiro atoms. The maximum absolute atomic E-state index is 12.4. The SMILES string of the molecule is CCCCCCS(=O)(=O)NC1C2CCC(O2)C1C/C=C/CCCC(=O)O. The Morgan fingerprint density at radius 1 is 1.15 bits per heavy atom. The van der Waals surface area contributed by atoms with Gasteiger partial charge >= 0.3 is 5.97 Å². The first-order chi connectivity index (χ1) is 12.4. The Hall–Kier alpha value is -0.920. The Kier molecular flexibility index (Phi) is 8.57. The molecular weight excluding hydrogens is 354 g/mol. The molecule has 26 heavy (non-hydrogen) atoms. The summed E-state index contributed by atoms with van der Waals surface area (Å²) in [5, 5.41) is 8.64. The van der Waals surface area contributed by atoms with Crippen LogP contribution in [0.2, 0.25) is 0 Å². The van der Waals surface area contributed by atoms with E-state index in [0.29, 0.717) is 12.8 Å². The van der Waals surface area contributed by atoms with Crippen LogP contribution in [0.3, 0.4) is 0 Å². The highest BCUT2D eigenvalue weighted by molar-refractivity contribution is 7.89. The van der Waals surface area contributed by atoms with Crippen LogP contribution in [0.1, 0.15) is 71.1 Å². The van der Waals surface area contributed by atoms with Gasteiger partial charge in [-0.3, -0.25) is 4.79 Å². The molecule has 2 fully saturated rings. The fourth-order valence-corrected chi connectivity index (χ4v) is 5.41. The molecule has 2 aliphatic heterocycles. The van der Waals surface area contributed by atoms with Gasteiger partial charge in [0.05, 0.1) is 24.0 Å². The van der Waals surface area contributed by atoms with Crippen molar-refractivity contribution in [1.82, 2.24) is 4.72 Å². The lowest BCUT2D eigenvalue weighted by atomic mass is 9.83. The summed E-state index contributed by atoms with van der Waals surface area (Å²) in [5.74, 6) is -0.401. The number of hydrogen-bond acceptors (Lipinski definition) is 4. The highest BCUT2D eigenvalue weighted by Crippen LogP contribution is 2.41. The number of nitrogens with one attached hydrogen (secondary N) is 1. The van der Waals surface area contributed by atoms with Gasteiger partial charge in [-0.1, -0.05) is 38.3 Å². The predicted molar refractivity (Wildman–Crippen MR) is 101 cm³/mol. The van der Waals surface area contributed by atoms with Gasteiger partial charge in [-0.2, -0.15) is 0 Å². The van der Waals surface area contributed by atoms with Crippen LogP contribution < -0.4 is 4.72 Å². The predicted octanol–water partition coefficient (Wildman–Crippen LogP) is 3.23. The maximum atomic E-state index is 12.4. The monoisotopic (exact) mass is 387 g/mol. The Morgan fingerprint density at radius 2 is 1.92 bits per heavy atom. The number of allylic oxidation sites excluding steroid dienone is 2. The molecule has 0 saturated carbocycles. The molecule has 2 N–H and O–H groups in total. The lowest BCUT2D eigenvalue weighted by Crippen LogP contribution is -2.47. The Morgan fingerprint density at radius 3 is 2.65 bits per heavy atom. The third-order valence-corrected chi connectivity index (χ3v) is 6.80. The molecule has 0 amide bonds. The van der Waals surface area contributed by atoms with Crippen molar-refractivity contribution in [1.29, 1.82) is 0 Å². The zero-order valence-electron chi connectivity index (χ0n) is 15.7. The van der Waals surface area contributed by atoms with E-state index in [2.05, 4.69) is 17.7 Å². The van der Waals surface area contributed by atoms with Crippen LogP contribution in [-0.4, -0.2) is 43.5 Å². The van der Waals surface area contributed by atoms with Gasteiger partial charge in [0.2, 0.25) is 10.0 Å². The molecule has 150 valence electrons. The molecule has 0 aromatic heterocycles. The van der Waals surface area contributed by atoms with Gasteiger partial charge in [0, 0.05) is 12.3 Å². The number of unbranched alkanes of at least 4 members (excludes halogenated alkanes) is 4. The fraction of sp³-hybridized carbons (Fsp3) is 0.842. The van der Waals surface area contributed by atoms with Crippen molar-refractivity contribution in [3.05, 3.63) is 12.2 Å². The standard InChI is InChI=1S/C19H33NO5S/c1-2-3-4-9-14-26(23,24)20-19-15(16-12-13-17(19)25-16)10-7-5-6-8-11-18(21)22/h5,7,15-17,19-20H,2-4,6,8-14H2,1H3,(H,21,22)/b7-5+. The number of ether oxygens (including phenoxy) is 1. The summed E-state index contributed by atoms with van der Waals surface area (Å²) in [6.45, 7) is 2.11. The average Bonchev–Trinajstić information content (AvgIpc) is 3.16. The first-order valence-corrected chi connectivity index (χ1v) is 11.6. The summed E-state index contributed by atoms with van der Waals surface area (Å²) >= 11 is 0. The lowest BCUT2D eigenvalue weighted by Gasteiger charge is -2.27. The van der Waals surface area contributed by atoms with Crippen molar-refractivity contribution in [2.45, 2.75) is 89.4 Å². The second-order valence-corrected chi connectivity index (χ2v) is 9.34. The second-order valence-electron chi connectivity index (χ2n) is 7.47. The highest BCUT2D eigenvalue weighted by Gasteiger charge is 2.49. The largest absolute Gasteiger partial charge is 0.481 e. The molecule has 4 atom stereocenters. The minimum absolute atomic E-state index is 0.00386. The van der Waals surface area contributed by atoms with E-state index >= 15 is 0 Å². The van der Waals surface area contributed by atoms with Crippen LogP contribution >= 0.6 is 0 Å². The Labute approximate surface area is 157 Å². The van der Waals surface area contributed by atoms with E-state index in [4.69, 9.17) is 9.84 Å². The van der Waals surface area contributed by atoms with Crippen LogP contribution in [0.5, 0.6) is 0 Å². The molecule has 2 saturated heterocycles. The smallest absolute Gasteiger partial charge is 0.303 e. The fourth-order valence-electron chi connectivity index (χ4n) is 3.96. The van der Waals surface area contributed by atoms with Crippen molar-refractivity contribution >= 4 is 16.0 Å². The molecule has 4 unspecified atom stereocenters. The number of hydrogen-bond donors (Lipinski definition) is 2. The summed E-state index contributed by atoms with van der Waals surface area (Å²) in [7, 11) is -3.27. The van der Waals surface area contributed by atoms with Gasteiger partial charge in [-0.25, -0.2) is 13.1 Å². The number of carboxylic acid groups (broad SMARTS) is 1. The van der Waals surface area contributed by atoms with Gasteiger partial charge in [-0.05, 0) is 38.5 Å². The zero-order valence-corrected chi connectivity index (χ0v) is 16.5. The third-order valence-electron chi connectivity index (χ3n) is 5.34. The molecule has 7 heteroatoms. The summed E-state index contributed by atoms with van der Waals surface area (Å²) in [6, 6.07) is -0.131. The quantitative estimate of drug-likeness (QED) is 0.374. The molecule has 2 bridgehead atoms. The van der Waals surface area contributed by atoms with Crippen molar-refractivity contribution < 1.29 is 23.1 Å². The van der Waals surface area contributed by atoms with Gasteiger partial charge in [0.25, 0.3) is 0 Å². The van der Waals surface area contributed by atoms with E-state index in [9.17, 15) is 13.2 Å². The van der Waals surface area contributed by atoms with E-state index in [1.807, 2.05) is 6.08 Å². The third kappa shape index (κ3) is 6.67. The minimum atomic E-state index is -3.27. The van der Waals surface area contributed by atoms with E-state index < -0.39 is 16.0 Å². The number of rotatable bonds is 13. The molecular formula is C19H33NO5S. The molecule has 2 aliphatic rings. The van der Waals surface area contributed by atoms with Crippen LogP contribution in [-0.2, 0) is 19.6 Å². The summed E-state index contributed by atoms with van der Waals surface area (Å²) in [6.07, 6.45) is 12.3. The summed E-state index contributed by atoms with van der Waals surface area (Å²) in [5.41, 5.74) is 0. The number of carboxylic acids is 1. The Balaban J connectivity index is 1.82. The van der Waals surface area contributed by atoms with Crippen LogP contribution in [0.15, 0.2) is 12.2 Å². The molecule has 2 heterocycles. The second kappa shape index (κ2) is 10.4. The van der Waals surface area contributed by atoms with Crippen LogP contribution in [0.4, 0.5) is 0 Å².